The first-order valence-corrected chi connectivity index (χ1v) is 14.1. The lowest BCUT2D eigenvalue weighted by molar-refractivity contribution is 0.252. The lowest BCUT2D eigenvalue weighted by Gasteiger charge is -2.12. The summed E-state index contributed by atoms with van der Waals surface area (Å²) in [6.07, 6.45) is 5.31. The summed E-state index contributed by atoms with van der Waals surface area (Å²) in [6, 6.07) is 25.3. The van der Waals surface area contributed by atoms with Gasteiger partial charge in [-0.2, -0.15) is 8.78 Å². The molecule has 0 radical (unpaired) electrons. The van der Waals surface area contributed by atoms with Gasteiger partial charge in [0.2, 0.25) is 0 Å². The third-order valence-corrected chi connectivity index (χ3v) is 8.16. The van der Waals surface area contributed by atoms with Gasteiger partial charge in [0.1, 0.15) is 10.6 Å². The van der Waals surface area contributed by atoms with E-state index in [9.17, 15) is 8.78 Å². The second-order valence-corrected chi connectivity index (χ2v) is 11.2. The molecule has 1 aliphatic rings. The number of imidazole rings is 1. The number of anilines is 1. The van der Waals surface area contributed by atoms with Crippen molar-refractivity contribution in [2.24, 2.45) is 0 Å². The number of aryl methyl sites for hydroxylation is 2. The van der Waals surface area contributed by atoms with E-state index in [-0.39, 0.29) is 0 Å². The zero-order valence-electron chi connectivity index (χ0n) is 20.3. The maximum absolute atomic E-state index is 12.8. The second kappa shape index (κ2) is 10.6. The van der Waals surface area contributed by atoms with Gasteiger partial charge in [-0.1, -0.05) is 78.0 Å². The van der Waals surface area contributed by atoms with Crippen LogP contribution >= 0.6 is 35.6 Å². The fourth-order valence-corrected chi connectivity index (χ4v) is 6.23. The van der Waals surface area contributed by atoms with Crippen molar-refractivity contribution in [2.45, 2.75) is 36.5 Å². The SMILES string of the molecule is FC(F)Sc1ccc(NC(=S)c2c(-c3ccccc3)c3c4n(c(-c5ccc(Cl)cc5)cn24)CCCC3)cc1. The van der Waals surface area contributed by atoms with Gasteiger partial charge < -0.3 is 9.88 Å². The van der Waals surface area contributed by atoms with Crippen molar-refractivity contribution in [2.75, 3.05) is 5.32 Å². The topological polar surface area (TPSA) is 21.4 Å². The van der Waals surface area contributed by atoms with E-state index >= 15 is 0 Å². The molecule has 0 saturated carbocycles. The fraction of sp³-hybridized carbons (Fsp3) is 0.167. The number of benzene rings is 3. The van der Waals surface area contributed by atoms with Crippen LogP contribution < -0.4 is 5.32 Å². The number of hydrogen-bond donors (Lipinski definition) is 1. The van der Waals surface area contributed by atoms with E-state index < -0.39 is 5.76 Å². The molecule has 3 heterocycles. The molecule has 0 fully saturated rings. The number of aromatic nitrogens is 2. The molecule has 38 heavy (non-hydrogen) atoms. The molecule has 0 bridgehead atoms. The van der Waals surface area contributed by atoms with Gasteiger partial charge in [-0.3, -0.25) is 4.40 Å². The number of thiocarbonyl (C=S) groups is 1. The Kier molecular flexibility index (Phi) is 6.99. The predicted molar refractivity (Wildman–Crippen MR) is 158 cm³/mol. The van der Waals surface area contributed by atoms with E-state index in [2.05, 4.69) is 44.7 Å². The van der Waals surface area contributed by atoms with Crippen LogP contribution in [0, 0.1) is 0 Å². The monoisotopic (exact) mass is 563 g/mol. The average Bonchev–Trinajstić information content (AvgIpc) is 3.33. The molecule has 6 rings (SSSR count). The van der Waals surface area contributed by atoms with Crippen LogP contribution in [0.25, 0.3) is 28.0 Å². The first kappa shape index (κ1) is 25.2. The average molecular weight is 564 g/mol. The summed E-state index contributed by atoms with van der Waals surface area (Å²) in [7, 11) is 0. The summed E-state index contributed by atoms with van der Waals surface area (Å²) in [5.41, 5.74) is 8.62. The van der Waals surface area contributed by atoms with Crippen LogP contribution in [-0.2, 0) is 13.0 Å². The van der Waals surface area contributed by atoms with Crippen LogP contribution in [0.3, 0.4) is 0 Å². The number of nitrogens with zero attached hydrogens (tertiary/aromatic N) is 2. The lowest BCUT2D eigenvalue weighted by Crippen LogP contribution is -2.14. The largest absolute Gasteiger partial charge is 0.345 e. The van der Waals surface area contributed by atoms with Crippen LogP contribution in [0.2, 0.25) is 5.02 Å². The van der Waals surface area contributed by atoms with Crippen molar-refractivity contribution >= 4 is 51.9 Å². The second-order valence-electron chi connectivity index (χ2n) is 9.25. The summed E-state index contributed by atoms with van der Waals surface area (Å²) < 4.78 is 30.2. The first-order valence-electron chi connectivity index (χ1n) is 12.4. The van der Waals surface area contributed by atoms with E-state index in [0.717, 1.165) is 65.2 Å². The highest BCUT2D eigenvalue weighted by Crippen LogP contribution is 2.40. The Morgan fingerprint density at radius 3 is 2.37 bits per heavy atom. The highest BCUT2D eigenvalue weighted by Gasteiger charge is 2.28. The Morgan fingerprint density at radius 2 is 1.66 bits per heavy atom. The van der Waals surface area contributed by atoms with Gasteiger partial charge >= 0.3 is 0 Å². The molecule has 5 aromatic rings. The molecule has 0 spiro atoms. The lowest BCUT2D eigenvalue weighted by atomic mass is 9.98. The summed E-state index contributed by atoms with van der Waals surface area (Å²) in [5.74, 6) is -2.45. The minimum atomic E-state index is -2.45. The predicted octanol–water partition coefficient (Wildman–Crippen LogP) is 9.17. The quantitative estimate of drug-likeness (QED) is 0.164. The molecule has 3 nitrogen and oxygen atoms in total. The van der Waals surface area contributed by atoms with Crippen LogP contribution in [0.5, 0.6) is 0 Å². The molecule has 0 atom stereocenters. The Balaban J connectivity index is 1.51. The van der Waals surface area contributed by atoms with Crippen LogP contribution in [0.4, 0.5) is 14.5 Å². The maximum Gasteiger partial charge on any atom is 0.288 e. The molecule has 8 heteroatoms. The molecular weight excluding hydrogens is 540 g/mol. The number of alkyl halides is 2. The Morgan fingerprint density at radius 1 is 0.921 bits per heavy atom. The Hall–Kier alpha value is -3.13. The van der Waals surface area contributed by atoms with Crippen molar-refractivity contribution in [3.05, 3.63) is 101 Å². The highest BCUT2D eigenvalue weighted by atomic mass is 35.5. The first-order chi connectivity index (χ1) is 18.5. The number of nitrogens with one attached hydrogen (secondary N) is 1. The molecule has 1 aliphatic heterocycles. The van der Waals surface area contributed by atoms with Crippen molar-refractivity contribution in [3.63, 3.8) is 0 Å². The van der Waals surface area contributed by atoms with Gasteiger partial charge in [0.05, 0.1) is 11.4 Å². The van der Waals surface area contributed by atoms with E-state index in [4.69, 9.17) is 23.8 Å². The summed E-state index contributed by atoms with van der Waals surface area (Å²) in [6.45, 7) is 0.919. The molecule has 0 amide bonds. The molecule has 0 saturated heterocycles. The van der Waals surface area contributed by atoms with Crippen molar-refractivity contribution in [1.82, 2.24) is 8.97 Å². The number of halogens is 3. The summed E-state index contributed by atoms with van der Waals surface area (Å²) in [5, 5.41) is 4.08. The maximum atomic E-state index is 12.8. The Labute approximate surface area is 234 Å². The smallest absolute Gasteiger partial charge is 0.288 e. The van der Waals surface area contributed by atoms with Crippen molar-refractivity contribution in [1.29, 1.82) is 0 Å². The molecule has 1 N–H and O–H groups in total. The van der Waals surface area contributed by atoms with E-state index in [1.54, 1.807) is 24.3 Å². The molecule has 3 aromatic carbocycles. The number of rotatable bonds is 6. The van der Waals surface area contributed by atoms with Crippen molar-refractivity contribution in [3.8, 4) is 22.4 Å². The van der Waals surface area contributed by atoms with Gasteiger partial charge in [-0.25, -0.2) is 0 Å². The van der Waals surface area contributed by atoms with E-state index in [1.807, 2.05) is 30.3 Å². The summed E-state index contributed by atoms with van der Waals surface area (Å²) >= 11 is 12.8. The highest BCUT2D eigenvalue weighted by molar-refractivity contribution is 7.99. The molecule has 2 aromatic heterocycles. The minimum absolute atomic E-state index is 0.514. The fourth-order valence-electron chi connectivity index (χ4n) is 5.29. The van der Waals surface area contributed by atoms with Crippen molar-refractivity contribution < 1.29 is 8.78 Å². The molecule has 0 aliphatic carbocycles. The van der Waals surface area contributed by atoms with Crippen LogP contribution in [-0.4, -0.2) is 19.7 Å². The van der Waals surface area contributed by atoms with Gasteiger partial charge in [0, 0.05) is 39.5 Å². The van der Waals surface area contributed by atoms with E-state index in [1.165, 1.54) is 5.56 Å². The third-order valence-electron chi connectivity index (χ3n) is 6.89. The Bertz CT molecular complexity index is 1610. The van der Waals surface area contributed by atoms with Gasteiger partial charge in [-0.15, -0.1) is 0 Å². The number of hydrogen-bond acceptors (Lipinski definition) is 2. The molecular formula is C30H24ClF2N3S2. The van der Waals surface area contributed by atoms with Crippen LogP contribution in [0.15, 0.2) is 90.0 Å². The minimum Gasteiger partial charge on any atom is -0.345 e. The standard InChI is InChI=1S/C30H24ClF2N3S2/c31-21-11-9-19(10-12-21)25-18-36-27(28(37)34-22-13-15-23(16-14-22)38-30(32)33)26(20-6-2-1-3-7-20)24-8-4-5-17-35(25)29(24)36/h1-3,6-7,9-16,18,30H,4-5,8,17H2,(H,34,37). The van der Waals surface area contributed by atoms with E-state index in [0.29, 0.717) is 26.7 Å². The zero-order chi connectivity index (χ0) is 26.2. The number of thioether (sulfide) groups is 1. The molecule has 0 unspecified atom stereocenters. The third kappa shape index (κ3) is 4.75. The molecule has 192 valence electrons. The zero-order valence-corrected chi connectivity index (χ0v) is 22.7. The normalized spacial score (nSPS) is 13.2. The summed E-state index contributed by atoms with van der Waals surface area (Å²) in [4.78, 5) is 1.10. The van der Waals surface area contributed by atoms with Crippen LogP contribution in [0.1, 0.15) is 24.1 Å². The van der Waals surface area contributed by atoms with Gasteiger partial charge in [0.25, 0.3) is 5.76 Å². The van der Waals surface area contributed by atoms with Gasteiger partial charge in [0.15, 0.2) is 0 Å². The van der Waals surface area contributed by atoms with Gasteiger partial charge in [-0.05, 0) is 66.8 Å².